The third-order valence-electron chi connectivity index (χ3n) is 3.54. The van der Waals surface area contributed by atoms with Crippen LogP contribution < -0.4 is 10.6 Å². The van der Waals surface area contributed by atoms with Gasteiger partial charge in [-0.1, -0.05) is 0 Å². The summed E-state index contributed by atoms with van der Waals surface area (Å²) >= 11 is 1.57. The molecule has 1 aliphatic rings. The number of carboxylic acid groups (broad SMARTS) is 1. The van der Waals surface area contributed by atoms with Gasteiger partial charge in [0.25, 0.3) is 0 Å². The number of rotatable bonds is 8. The van der Waals surface area contributed by atoms with Crippen molar-refractivity contribution in [2.45, 2.75) is 38.3 Å². The number of hydrogen-bond acceptors (Lipinski definition) is 4. The van der Waals surface area contributed by atoms with Gasteiger partial charge in [0.05, 0.1) is 0 Å². The highest BCUT2D eigenvalue weighted by Crippen LogP contribution is 2.10. The van der Waals surface area contributed by atoms with Gasteiger partial charge >= 0.3 is 12.0 Å². The van der Waals surface area contributed by atoms with Gasteiger partial charge in [-0.25, -0.2) is 9.59 Å². The molecular formula is C13H25N3O3S. The molecular weight excluding hydrogens is 278 g/mol. The van der Waals surface area contributed by atoms with E-state index in [2.05, 4.69) is 22.5 Å². The van der Waals surface area contributed by atoms with Crippen molar-refractivity contribution in [1.82, 2.24) is 15.5 Å². The van der Waals surface area contributed by atoms with E-state index in [9.17, 15) is 9.59 Å². The summed E-state index contributed by atoms with van der Waals surface area (Å²) in [7, 11) is 0. The highest BCUT2D eigenvalue weighted by Gasteiger charge is 2.21. The number of thioether (sulfide) groups is 1. The van der Waals surface area contributed by atoms with Crippen molar-refractivity contribution in [3.8, 4) is 0 Å². The van der Waals surface area contributed by atoms with Crippen molar-refractivity contribution in [2.24, 2.45) is 0 Å². The molecule has 6 nitrogen and oxygen atoms in total. The standard InChI is InChI=1S/C13H25N3O3S/c1-10(16-6-3-4-7-16)9-14-13(19)15-11(12(17)18)5-8-20-2/h10-11H,3-9H2,1-2H3,(H,17,18)(H2,14,15,19). The maximum Gasteiger partial charge on any atom is 0.326 e. The van der Waals surface area contributed by atoms with Crippen LogP contribution in [0.4, 0.5) is 4.79 Å². The normalized spacial score (nSPS) is 18.5. The summed E-state index contributed by atoms with van der Waals surface area (Å²) in [6.45, 7) is 4.78. The fourth-order valence-electron chi connectivity index (χ4n) is 2.25. The summed E-state index contributed by atoms with van der Waals surface area (Å²) < 4.78 is 0. The smallest absolute Gasteiger partial charge is 0.326 e. The van der Waals surface area contributed by atoms with E-state index in [0.29, 0.717) is 18.7 Å². The van der Waals surface area contributed by atoms with Crippen LogP contribution in [0.2, 0.25) is 0 Å². The molecule has 1 heterocycles. The van der Waals surface area contributed by atoms with Crippen molar-refractivity contribution in [2.75, 3.05) is 31.6 Å². The van der Waals surface area contributed by atoms with E-state index < -0.39 is 18.0 Å². The number of urea groups is 1. The summed E-state index contributed by atoms with van der Waals surface area (Å²) in [6, 6.07) is -0.924. The lowest BCUT2D eigenvalue weighted by Gasteiger charge is -2.24. The van der Waals surface area contributed by atoms with E-state index in [4.69, 9.17) is 5.11 Å². The maximum absolute atomic E-state index is 11.7. The topological polar surface area (TPSA) is 81.7 Å². The summed E-state index contributed by atoms with van der Waals surface area (Å²) in [5.74, 6) is -0.275. The number of carbonyl (C=O) groups excluding carboxylic acids is 1. The monoisotopic (exact) mass is 303 g/mol. The van der Waals surface area contributed by atoms with Crippen molar-refractivity contribution in [1.29, 1.82) is 0 Å². The molecule has 1 saturated heterocycles. The Morgan fingerprint density at radius 1 is 1.35 bits per heavy atom. The van der Waals surface area contributed by atoms with E-state index in [-0.39, 0.29) is 6.04 Å². The van der Waals surface area contributed by atoms with E-state index in [1.165, 1.54) is 12.8 Å². The fraction of sp³-hybridized carbons (Fsp3) is 0.846. The minimum atomic E-state index is -0.984. The van der Waals surface area contributed by atoms with Gasteiger partial charge in [0.15, 0.2) is 0 Å². The van der Waals surface area contributed by atoms with Crippen molar-refractivity contribution in [3.05, 3.63) is 0 Å². The number of nitrogens with one attached hydrogen (secondary N) is 2. The van der Waals surface area contributed by atoms with Gasteiger partial charge in [-0.05, 0) is 51.3 Å². The Morgan fingerprint density at radius 3 is 2.55 bits per heavy atom. The molecule has 0 spiro atoms. The second-order valence-corrected chi connectivity index (χ2v) is 6.10. The Bertz CT molecular complexity index is 322. The van der Waals surface area contributed by atoms with Crippen LogP contribution in [0.5, 0.6) is 0 Å². The molecule has 2 amide bonds. The van der Waals surface area contributed by atoms with Gasteiger partial charge in [0.1, 0.15) is 6.04 Å². The zero-order valence-electron chi connectivity index (χ0n) is 12.2. The number of hydrogen-bond donors (Lipinski definition) is 3. The van der Waals surface area contributed by atoms with Gasteiger partial charge < -0.3 is 15.7 Å². The molecule has 0 bridgehead atoms. The predicted octanol–water partition coefficient (Wildman–Crippen LogP) is 0.976. The van der Waals surface area contributed by atoms with E-state index in [1.807, 2.05) is 6.26 Å². The van der Waals surface area contributed by atoms with Crippen LogP contribution in [-0.2, 0) is 4.79 Å². The molecule has 2 unspecified atom stereocenters. The highest BCUT2D eigenvalue weighted by molar-refractivity contribution is 7.98. The summed E-state index contributed by atoms with van der Waals surface area (Å²) in [4.78, 5) is 25.1. The van der Waals surface area contributed by atoms with Gasteiger partial charge in [-0.3, -0.25) is 4.90 Å². The molecule has 0 aromatic rings. The van der Waals surface area contributed by atoms with Crippen LogP contribution in [-0.4, -0.2) is 65.7 Å². The van der Waals surface area contributed by atoms with Gasteiger partial charge in [-0.15, -0.1) is 0 Å². The second-order valence-electron chi connectivity index (χ2n) is 5.12. The number of nitrogens with zero attached hydrogens (tertiary/aromatic N) is 1. The zero-order valence-corrected chi connectivity index (χ0v) is 13.0. The van der Waals surface area contributed by atoms with Gasteiger partial charge in [0, 0.05) is 12.6 Å². The molecule has 7 heteroatoms. The third-order valence-corrected chi connectivity index (χ3v) is 4.18. The first kappa shape index (κ1) is 17.1. The van der Waals surface area contributed by atoms with E-state index >= 15 is 0 Å². The first-order chi connectivity index (χ1) is 9.54. The molecule has 3 N–H and O–H groups in total. The van der Waals surface area contributed by atoms with E-state index in [1.54, 1.807) is 11.8 Å². The van der Waals surface area contributed by atoms with Crippen LogP contribution in [0.3, 0.4) is 0 Å². The number of likely N-dealkylation sites (tertiary alicyclic amines) is 1. The summed E-state index contributed by atoms with van der Waals surface area (Å²) in [5.41, 5.74) is 0. The van der Waals surface area contributed by atoms with Crippen molar-refractivity contribution in [3.63, 3.8) is 0 Å². The number of aliphatic carboxylic acids is 1. The Hall–Kier alpha value is -0.950. The highest BCUT2D eigenvalue weighted by atomic mass is 32.2. The molecule has 0 radical (unpaired) electrons. The molecule has 0 aromatic heterocycles. The minimum Gasteiger partial charge on any atom is -0.480 e. The Kier molecular flexibility index (Phi) is 7.76. The molecule has 0 aliphatic carbocycles. The first-order valence-corrected chi connectivity index (χ1v) is 8.44. The average Bonchev–Trinajstić information content (AvgIpc) is 2.94. The molecule has 1 aliphatic heterocycles. The van der Waals surface area contributed by atoms with Crippen LogP contribution in [0.1, 0.15) is 26.2 Å². The van der Waals surface area contributed by atoms with Crippen LogP contribution in [0, 0.1) is 0 Å². The Balaban J connectivity index is 2.28. The average molecular weight is 303 g/mol. The molecule has 0 saturated carbocycles. The molecule has 1 rings (SSSR count). The minimum absolute atomic E-state index is 0.290. The first-order valence-electron chi connectivity index (χ1n) is 7.04. The quantitative estimate of drug-likeness (QED) is 0.622. The summed E-state index contributed by atoms with van der Waals surface area (Å²) in [6.07, 6.45) is 4.78. The van der Waals surface area contributed by atoms with Crippen molar-refractivity contribution >= 4 is 23.8 Å². The molecule has 116 valence electrons. The molecule has 2 atom stereocenters. The molecule has 0 aromatic carbocycles. The largest absolute Gasteiger partial charge is 0.480 e. The third kappa shape index (κ3) is 6.00. The van der Waals surface area contributed by atoms with Crippen LogP contribution in [0.15, 0.2) is 0 Å². The number of carboxylic acids is 1. The fourth-order valence-corrected chi connectivity index (χ4v) is 2.73. The SMILES string of the molecule is CSCCC(NC(=O)NCC(C)N1CCCC1)C(=O)O. The maximum atomic E-state index is 11.7. The van der Waals surface area contributed by atoms with Crippen molar-refractivity contribution < 1.29 is 14.7 Å². The summed E-state index contributed by atoms with van der Waals surface area (Å²) in [5, 5.41) is 14.3. The number of amides is 2. The van der Waals surface area contributed by atoms with Gasteiger partial charge in [0.2, 0.25) is 0 Å². The zero-order chi connectivity index (χ0) is 15.0. The molecule has 20 heavy (non-hydrogen) atoms. The van der Waals surface area contributed by atoms with Crippen LogP contribution >= 0.6 is 11.8 Å². The van der Waals surface area contributed by atoms with Gasteiger partial charge in [-0.2, -0.15) is 11.8 Å². The second kappa shape index (κ2) is 9.07. The van der Waals surface area contributed by atoms with E-state index in [0.717, 1.165) is 13.1 Å². The van der Waals surface area contributed by atoms with Crippen LogP contribution in [0.25, 0.3) is 0 Å². The Labute approximate surface area is 124 Å². The lowest BCUT2D eigenvalue weighted by molar-refractivity contribution is -0.139. The predicted molar refractivity (Wildman–Crippen MR) is 81.2 cm³/mol. The number of carbonyl (C=O) groups is 2. The lowest BCUT2D eigenvalue weighted by Crippen LogP contribution is -2.49. The Morgan fingerprint density at radius 2 is 2.00 bits per heavy atom. The molecule has 1 fully saturated rings. The lowest BCUT2D eigenvalue weighted by atomic mass is 10.2.